The molecule has 3 N–H and O–H groups in total. The highest BCUT2D eigenvalue weighted by Crippen LogP contribution is 2.32. The van der Waals surface area contributed by atoms with Crippen molar-refractivity contribution in [3.8, 4) is 11.5 Å². The summed E-state index contributed by atoms with van der Waals surface area (Å²) in [5.74, 6) is -0.885. The van der Waals surface area contributed by atoms with E-state index in [0.29, 0.717) is 11.1 Å². The summed E-state index contributed by atoms with van der Waals surface area (Å²) in [6.45, 7) is -0.156. The third-order valence-electron chi connectivity index (χ3n) is 2.17. The van der Waals surface area contributed by atoms with Crippen molar-refractivity contribution in [2.24, 2.45) is 0 Å². The molecule has 0 amide bonds. The highest BCUT2D eigenvalue weighted by atomic mass is 16.5. The Labute approximate surface area is 104 Å². The maximum atomic E-state index is 10.4. The van der Waals surface area contributed by atoms with Gasteiger partial charge in [0.05, 0.1) is 13.7 Å². The van der Waals surface area contributed by atoms with Gasteiger partial charge in [0.1, 0.15) is 0 Å². The number of carbonyl (C=O) groups is 1. The third-order valence-corrected chi connectivity index (χ3v) is 2.17. The first kappa shape index (κ1) is 13.8. The number of aliphatic carboxylic acids is 1. The van der Waals surface area contributed by atoms with Crippen molar-refractivity contribution >= 4 is 18.1 Å². The minimum Gasteiger partial charge on any atom is -0.504 e. The first-order chi connectivity index (χ1) is 8.58. The van der Waals surface area contributed by atoms with Crippen molar-refractivity contribution in [3.05, 3.63) is 35.4 Å². The van der Waals surface area contributed by atoms with Gasteiger partial charge in [-0.25, -0.2) is 4.79 Å². The van der Waals surface area contributed by atoms with Crippen LogP contribution in [-0.2, 0) is 4.79 Å². The van der Waals surface area contributed by atoms with E-state index in [4.69, 9.17) is 14.9 Å². The van der Waals surface area contributed by atoms with Crippen LogP contribution in [0.25, 0.3) is 12.2 Å². The SMILES string of the molecule is COc1cc(C=CC(=O)O)cc(C=CCO)c1O. The Balaban J connectivity index is 3.21. The molecule has 0 saturated heterocycles. The molecule has 5 nitrogen and oxygen atoms in total. The zero-order chi connectivity index (χ0) is 13.5. The molecule has 0 bridgehead atoms. The number of methoxy groups -OCH3 is 1. The van der Waals surface area contributed by atoms with Gasteiger partial charge >= 0.3 is 5.97 Å². The summed E-state index contributed by atoms with van der Waals surface area (Å²) in [6, 6.07) is 3.11. The second-order valence-electron chi connectivity index (χ2n) is 3.42. The Morgan fingerprint density at radius 1 is 1.39 bits per heavy atom. The van der Waals surface area contributed by atoms with Crippen LogP contribution in [-0.4, -0.2) is 35.0 Å². The molecule has 0 aromatic heterocycles. The minimum atomic E-state index is -1.06. The van der Waals surface area contributed by atoms with Gasteiger partial charge in [0, 0.05) is 11.6 Å². The fourth-order valence-electron chi connectivity index (χ4n) is 1.38. The zero-order valence-electron chi connectivity index (χ0n) is 9.83. The molecule has 0 aliphatic carbocycles. The molecule has 0 unspecified atom stereocenters. The topological polar surface area (TPSA) is 87.0 Å². The van der Waals surface area contributed by atoms with Crippen LogP contribution in [0.3, 0.4) is 0 Å². The number of phenolic OH excluding ortho intramolecular Hbond substituents is 1. The van der Waals surface area contributed by atoms with E-state index in [9.17, 15) is 9.90 Å². The quantitative estimate of drug-likeness (QED) is 0.689. The number of aromatic hydroxyl groups is 1. The lowest BCUT2D eigenvalue weighted by Crippen LogP contribution is -1.90. The van der Waals surface area contributed by atoms with Gasteiger partial charge in [0.15, 0.2) is 11.5 Å². The van der Waals surface area contributed by atoms with E-state index in [-0.39, 0.29) is 18.1 Å². The Bertz CT molecular complexity index is 488. The van der Waals surface area contributed by atoms with Crippen LogP contribution < -0.4 is 4.74 Å². The highest BCUT2D eigenvalue weighted by molar-refractivity contribution is 5.85. The van der Waals surface area contributed by atoms with Crippen LogP contribution in [0.4, 0.5) is 0 Å². The Kier molecular flexibility index (Phi) is 4.95. The van der Waals surface area contributed by atoms with Gasteiger partial charge < -0.3 is 20.1 Å². The van der Waals surface area contributed by atoms with E-state index in [0.717, 1.165) is 6.08 Å². The number of hydrogen-bond donors (Lipinski definition) is 3. The number of phenols is 1. The van der Waals surface area contributed by atoms with Gasteiger partial charge in [-0.05, 0) is 23.8 Å². The first-order valence-electron chi connectivity index (χ1n) is 5.18. The predicted octanol–water partition coefficient (Wildman–Crippen LogP) is 1.50. The summed E-state index contributed by atoms with van der Waals surface area (Å²) >= 11 is 0. The molecule has 1 aromatic carbocycles. The minimum absolute atomic E-state index is 0.0605. The summed E-state index contributed by atoms with van der Waals surface area (Å²) in [6.07, 6.45) is 5.36. The summed E-state index contributed by atoms with van der Waals surface area (Å²) in [7, 11) is 1.40. The molecule has 0 fully saturated rings. The number of aliphatic hydroxyl groups excluding tert-OH is 1. The van der Waals surface area contributed by atoms with Crippen molar-refractivity contribution in [1.29, 1.82) is 0 Å². The molecule has 0 atom stereocenters. The number of benzene rings is 1. The predicted molar refractivity (Wildman–Crippen MR) is 67.4 cm³/mol. The smallest absolute Gasteiger partial charge is 0.328 e. The van der Waals surface area contributed by atoms with Crippen molar-refractivity contribution < 1.29 is 24.9 Å². The van der Waals surface area contributed by atoms with Gasteiger partial charge in [-0.1, -0.05) is 12.2 Å². The monoisotopic (exact) mass is 250 g/mol. The van der Waals surface area contributed by atoms with Crippen LogP contribution in [0.5, 0.6) is 11.5 Å². The maximum absolute atomic E-state index is 10.4. The molecule has 0 aliphatic rings. The van der Waals surface area contributed by atoms with Crippen molar-refractivity contribution in [1.82, 2.24) is 0 Å². The summed E-state index contributed by atoms with van der Waals surface area (Å²) < 4.78 is 4.99. The van der Waals surface area contributed by atoms with Gasteiger partial charge in [-0.15, -0.1) is 0 Å². The van der Waals surface area contributed by atoms with Gasteiger partial charge in [-0.3, -0.25) is 0 Å². The lowest BCUT2D eigenvalue weighted by atomic mass is 10.1. The van der Waals surface area contributed by atoms with Gasteiger partial charge in [0.2, 0.25) is 0 Å². The molecular formula is C13H14O5. The van der Waals surface area contributed by atoms with Crippen LogP contribution in [0, 0.1) is 0 Å². The maximum Gasteiger partial charge on any atom is 0.328 e. The third kappa shape index (κ3) is 3.64. The number of aliphatic hydroxyl groups is 1. The van der Waals surface area contributed by atoms with Gasteiger partial charge in [-0.2, -0.15) is 0 Å². The molecule has 0 heterocycles. The molecule has 1 aromatic rings. The molecule has 0 aliphatic heterocycles. The van der Waals surface area contributed by atoms with E-state index < -0.39 is 5.97 Å². The average molecular weight is 250 g/mol. The fourth-order valence-corrected chi connectivity index (χ4v) is 1.38. The Hall–Kier alpha value is -2.27. The number of rotatable bonds is 5. The average Bonchev–Trinajstić information content (AvgIpc) is 2.35. The van der Waals surface area contributed by atoms with Crippen LogP contribution in [0.1, 0.15) is 11.1 Å². The molecular weight excluding hydrogens is 236 g/mol. The van der Waals surface area contributed by atoms with E-state index in [2.05, 4.69) is 0 Å². The van der Waals surface area contributed by atoms with Gasteiger partial charge in [0.25, 0.3) is 0 Å². The van der Waals surface area contributed by atoms with E-state index in [1.807, 2.05) is 0 Å². The van der Waals surface area contributed by atoms with Crippen LogP contribution in [0.15, 0.2) is 24.3 Å². The lowest BCUT2D eigenvalue weighted by Gasteiger charge is -2.08. The van der Waals surface area contributed by atoms with Crippen molar-refractivity contribution in [2.45, 2.75) is 0 Å². The molecule has 0 saturated carbocycles. The fraction of sp³-hybridized carbons (Fsp3) is 0.154. The standard InChI is InChI=1S/C13H14O5/c1-18-11-8-9(4-5-12(15)16)7-10(13(11)17)3-2-6-14/h2-5,7-8,14,17H,6H2,1H3,(H,15,16). The second-order valence-corrected chi connectivity index (χ2v) is 3.42. The molecule has 96 valence electrons. The molecule has 1 rings (SSSR count). The normalized spacial score (nSPS) is 11.2. The number of carboxylic acid groups (broad SMARTS) is 1. The highest BCUT2D eigenvalue weighted by Gasteiger charge is 2.07. The Morgan fingerprint density at radius 3 is 2.67 bits per heavy atom. The number of ether oxygens (including phenoxy) is 1. The molecule has 0 radical (unpaired) electrons. The first-order valence-corrected chi connectivity index (χ1v) is 5.18. The largest absolute Gasteiger partial charge is 0.504 e. The summed E-state index contributed by atoms with van der Waals surface area (Å²) in [4.78, 5) is 10.4. The summed E-state index contributed by atoms with van der Waals surface area (Å²) in [5.41, 5.74) is 1.01. The lowest BCUT2D eigenvalue weighted by molar-refractivity contribution is -0.131. The molecule has 18 heavy (non-hydrogen) atoms. The molecule has 5 heteroatoms. The summed E-state index contributed by atoms with van der Waals surface area (Å²) in [5, 5.41) is 27.1. The van der Waals surface area contributed by atoms with E-state index in [1.54, 1.807) is 6.07 Å². The van der Waals surface area contributed by atoms with Crippen molar-refractivity contribution in [3.63, 3.8) is 0 Å². The van der Waals surface area contributed by atoms with E-state index in [1.165, 1.54) is 31.4 Å². The second kappa shape index (κ2) is 6.46. The zero-order valence-corrected chi connectivity index (χ0v) is 9.83. The number of hydrogen-bond acceptors (Lipinski definition) is 4. The number of carboxylic acids is 1. The van der Waals surface area contributed by atoms with E-state index >= 15 is 0 Å². The van der Waals surface area contributed by atoms with Crippen molar-refractivity contribution in [2.75, 3.05) is 13.7 Å². The van der Waals surface area contributed by atoms with Crippen LogP contribution in [0.2, 0.25) is 0 Å². The van der Waals surface area contributed by atoms with Crippen LogP contribution >= 0.6 is 0 Å². The molecule has 0 spiro atoms. The Morgan fingerprint density at radius 2 is 2.11 bits per heavy atom.